The summed E-state index contributed by atoms with van der Waals surface area (Å²) in [4.78, 5) is 16.7. The first-order valence-corrected chi connectivity index (χ1v) is 9.97. The zero-order chi connectivity index (χ0) is 20.9. The third-order valence-electron chi connectivity index (χ3n) is 4.07. The number of ether oxygens (including phenoxy) is 2. The van der Waals surface area contributed by atoms with Gasteiger partial charge in [0.25, 0.3) is 5.89 Å². The Hall–Kier alpha value is -3.46. The molecule has 2 aromatic carbocycles. The molecule has 0 bridgehead atoms. The van der Waals surface area contributed by atoms with Crippen molar-refractivity contribution in [2.75, 3.05) is 6.61 Å². The van der Waals surface area contributed by atoms with E-state index < -0.39 is 5.97 Å². The third-order valence-corrected chi connectivity index (χ3v) is 4.57. The molecule has 30 heavy (non-hydrogen) atoms. The summed E-state index contributed by atoms with van der Waals surface area (Å²) in [6, 6.07) is 17.0. The summed E-state index contributed by atoms with van der Waals surface area (Å²) in [5, 5.41) is 8.30. The largest absolute Gasteiger partial charge is 0.479 e. The molecule has 0 aliphatic carbocycles. The number of carbonyl (C=O) groups is 1. The summed E-state index contributed by atoms with van der Waals surface area (Å²) in [6.45, 7) is 1.94. The zero-order valence-corrected chi connectivity index (χ0v) is 17.6. The summed E-state index contributed by atoms with van der Waals surface area (Å²) in [5.74, 6) is 0.412. The molecule has 0 unspecified atom stereocenters. The average Bonchev–Trinajstić information content (AvgIpc) is 3.40. The highest BCUT2D eigenvalue weighted by molar-refractivity contribution is 9.10. The van der Waals surface area contributed by atoms with Crippen molar-refractivity contribution < 1.29 is 18.8 Å². The van der Waals surface area contributed by atoms with Crippen LogP contribution in [0.2, 0.25) is 0 Å². The van der Waals surface area contributed by atoms with Gasteiger partial charge in [0.05, 0.1) is 18.5 Å². The topological polar surface area (TPSA) is 92.3 Å². The molecule has 8 nitrogen and oxygen atoms in total. The molecular weight excluding hydrogens is 452 g/mol. The molecule has 152 valence electrons. The highest BCUT2D eigenvalue weighted by Crippen LogP contribution is 2.23. The number of nitrogens with zero attached hydrogens (tertiary/aromatic N) is 4. The lowest BCUT2D eigenvalue weighted by molar-refractivity contribution is 0.0513. The van der Waals surface area contributed by atoms with Gasteiger partial charge in [0, 0.05) is 10.0 Å². The molecule has 2 heterocycles. The summed E-state index contributed by atoms with van der Waals surface area (Å²) >= 11 is 3.42. The van der Waals surface area contributed by atoms with Gasteiger partial charge in [-0.1, -0.05) is 51.4 Å². The molecule has 0 spiro atoms. The van der Waals surface area contributed by atoms with Crippen LogP contribution in [0, 0.1) is 0 Å². The maximum Gasteiger partial charge on any atom is 0.362 e. The lowest BCUT2D eigenvalue weighted by atomic mass is 10.2. The Kier molecular flexibility index (Phi) is 5.89. The van der Waals surface area contributed by atoms with Crippen LogP contribution in [-0.4, -0.2) is 32.5 Å². The van der Waals surface area contributed by atoms with Gasteiger partial charge < -0.3 is 14.0 Å². The first-order valence-electron chi connectivity index (χ1n) is 9.17. The van der Waals surface area contributed by atoms with E-state index in [1.54, 1.807) is 17.8 Å². The Bertz CT molecular complexity index is 1160. The van der Waals surface area contributed by atoms with E-state index in [4.69, 9.17) is 14.0 Å². The Morgan fingerprint density at radius 1 is 1.17 bits per heavy atom. The lowest BCUT2D eigenvalue weighted by Crippen LogP contribution is -2.08. The highest BCUT2D eigenvalue weighted by atomic mass is 79.9. The fourth-order valence-electron chi connectivity index (χ4n) is 2.72. The van der Waals surface area contributed by atoms with Crippen LogP contribution in [-0.2, 0) is 11.3 Å². The van der Waals surface area contributed by atoms with Gasteiger partial charge >= 0.3 is 5.97 Å². The van der Waals surface area contributed by atoms with Gasteiger partial charge in [-0.05, 0) is 31.2 Å². The van der Waals surface area contributed by atoms with Gasteiger partial charge in [-0.3, -0.25) is 0 Å². The summed E-state index contributed by atoms with van der Waals surface area (Å²) < 4.78 is 18.6. The molecule has 4 rings (SSSR count). The smallest absolute Gasteiger partial charge is 0.362 e. The van der Waals surface area contributed by atoms with Crippen LogP contribution >= 0.6 is 15.9 Å². The lowest BCUT2D eigenvalue weighted by Gasteiger charge is -2.02. The Morgan fingerprint density at radius 3 is 2.77 bits per heavy atom. The molecule has 2 aromatic heterocycles. The minimum absolute atomic E-state index is 0.0199. The quantitative estimate of drug-likeness (QED) is 0.370. The van der Waals surface area contributed by atoms with E-state index in [9.17, 15) is 4.79 Å². The molecule has 9 heteroatoms. The van der Waals surface area contributed by atoms with E-state index in [-0.39, 0.29) is 30.5 Å². The van der Waals surface area contributed by atoms with Crippen LogP contribution in [0.4, 0.5) is 0 Å². The molecule has 0 aliphatic heterocycles. The number of hydrogen-bond donors (Lipinski definition) is 0. The molecule has 0 atom stereocenters. The third kappa shape index (κ3) is 4.41. The number of rotatable bonds is 7. The molecule has 0 fully saturated rings. The summed E-state index contributed by atoms with van der Waals surface area (Å²) in [5.41, 5.74) is 1.67. The molecular formula is C21H17BrN4O4. The molecule has 4 aromatic rings. The van der Waals surface area contributed by atoms with Gasteiger partial charge in [-0.25, -0.2) is 9.48 Å². The average molecular weight is 469 g/mol. The van der Waals surface area contributed by atoms with Crippen molar-refractivity contribution in [2.24, 2.45) is 0 Å². The minimum atomic E-state index is -0.567. The van der Waals surface area contributed by atoms with Crippen LogP contribution in [0.3, 0.4) is 0 Å². The molecule has 0 amide bonds. The number of esters is 1. The van der Waals surface area contributed by atoms with Gasteiger partial charge in [-0.15, -0.1) is 0 Å². The van der Waals surface area contributed by atoms with E-state index in [0.29, 0.717) is 5.82 Å². The van der Waals surface area contributed by atoms with Gasteiger partial charge in [0.1, 0.15) is 0 Å². The first kappa shape index (κ1) is 19.8. The SMILES string of the molecule is CCOC(=O)c1nn(-c2ccccc2)cc1OCc1nc(-c2cccc(Br)c2)no1. The van der Waals surface area contributed by atoms with Crippen LogP contribution in [0.15, 0.2) is 69.8 Å². The summed E-state index contributed by atoms with van der Waals surface area (Å²) in [7, 11) is 0. The maximum absolute atomic E-state index is 12.3. The fourth-order valence-corrected chi connectivity index (χ4v) is 3.11. The predicted octanol–water partition coefficient (Wildman–Crippen LogP) is 4.44. The molecule has 0 aliphatic rings. The number of benzene rings is 2. The van der Waals surface area contributed by atoms with E-state index in [1.807, 2.05) is 54.6 Å². The monoisotopic (exact) mass is 468 g/mol. The number of halogens is 1. The van der Waals surface area contributed by atoms with E-state index in [2.05, 4.69) is 31.2 Å². The van der Waals surface area contributed by atoms with E-state index >= 15 is 0 Å². The second kappa shape index (κ2) is 8.91. The van der Waals surface area contributed by atoms with Gasteiger partial charge in [-0.2, -0.15) is 10.1 Å². The summed E-state index contributed by atoms with van der Waals surface area (Å²) in [6.07, 6.45) is 1.62. The van der Waals surface area contributed by atoms with Crippen molar-refractivity contribution in [1.82, 2.24) is 19.9 Å². The van der Waals surface area contributed by atoms with Crippen molar-refractivity contribution in [3.05, 3.63) is 76.9 Å². The Morgan fingerprint density at radius 2 is 2.00 bits per heavy atom. The van der Waals surface area contributed by atoms with Crippen molar-refractivity contribution >= 4 is 21.9 Å². The number of carbonyl (C=O) groups excluding carboxylic acids is 1. The Labute approximate surface area is 180 Å². The molecule has 0 N–H and O–H groups in total. The number of aromatic nitrogens is 4. The number of hydrogen-bond acceptors (Lipinski definition) is 7. The normalized spacial score (nSPS) is 10.7. The fraction of sp³-hybridized carbons (Fsp3) is 0.143. The van der Waals surface area contributed by atoms with E-state index in [0.717, 1.165) is 15.7 Å². The minimum Gasteiger partial charge on any atom is -0.479 e. The van der Waals surface area contributed by atoms with E-state index in [1.165, 1.54) is 0 Å². The molecule has 0 radical (unpaired) electrons. The predicted molar refractivity (Wildman–Crippen MR) is 111 cm³/mol. The van der Waals surface area contributed by atoms with Crippen LogP contribution in [0.5, 0.6) is 5.75 Å². The second-order valence-electron chi connectivity index (χ2n) is 6.15. The van der Waals surface area contributed by atoms with Crippen molar-refractivity contribution in [3.8, 4) is 22.8 Å². The van der Waals surface area contributed by atoms with Crippen LogP contribution in [0.25, 0.3) is 17.1 Å². The van der Waals surface area contributed by atoms with Gasteiger partial charge in [0.15, 0.2) is 12.4 Å². The van der Waals surface area contributed by atoms with Crippen LogP contribution in [0.1, 0.15) is 23.3 Å². The Balaban J connectivity index is 1.55. The van der Waals surface area contributed by atoms with Crippen molar-refractivity contribution in [3.63, 3.8) is 0 Å². The number of para-hydroxylation sites is 1. The molecule has 0 saturated carbocycles. The highest BCUT2D eigenvalue weighted by Gasteiger charge is 2.21. The van der Waals surface area contributed by atoms with Gasteiger partial charge in [0.2, 0.25) is 11.5 Å². The van der Waals surface area contributed by atoms with Crippen LogP contribution < -0.4 is 4.74 Å². The second-order valence-corrected chi connectivity index (χ2v) is 7.07. The standard InChI is InChI=1S/C21H17BrN4O4/c1-2-28-21(27)19-17(12-26(24-19)16-9-4-3-5-10-16)29-13-18-23-20(25-30-18)14-7-6-8-15(22)11-14/h3-12H,2,13H2,1H3. The zero-order valence-electron chi connectivity index (χ0n) is 16.0. The van der Waals surface area contributed by atoms with Crippen molar-refractivity contribution in [2.45, 2.75) is 13.5 Å². The van der Waals surface area contributed by atoms with Crippen molar-refractivity contribution in [1.29, 1.82) is 0 Å². The maximum atomic E-state index is 12.3. The first-order chi connectivity index (χ1) is 14.6. The molecule has 0 saturated heterocycles.